The third kappa shape index (κ3) is 2.69. The standard InChI is InChI=1S/C24H30N2O3S/c1-15-5-22(27)26-4-3-19-9-20(10-21(15)23(19)26)30(28,29)25(2)14-24-11-16-6-17(12-24)8-18(7-16)13-24/h5,9-10,16-18H,3-4,6-8,11-14H2,1-2H3. The van der Waals surface area contributed by atoms with Gasteiger partial charge in [0.25, 0.3) is 5.56 Å². The van der Waals surface area contributed by atoms with E-state index in [4.69, 9.17) is 0 Å². The second-order valence-corrected chi connectivity index (χ2v) is 12.8. The van der Waals surface area contributed by atoms with E-state index < -0.39 is 10.0 Å². The third-order valence-electron chi connectivity index (χ3n) is 8.50. The summed E-state index contributed by atoms with van der Waals surface area (Å²) in [5.74, 6) is 2.44. The van der Waals surface area contributed by atoms with Gasteiger partial charge in [0, 0.05) is 31.6 Å². The normalized spacial score (nSPS) is 31.9. The van der Waals surface area contributed by atoms with Gasteiger partial charge in [0.2, 0.25) is 10.0 Å². The lowest BCUT2D eigenvalue weighted by molar-refractivity contribution is -0.0583. The summed E-state index contributed by atoms with van der Waals surface area (Å²) in [4.78, 5) is 12.7. The van der Waals surface area contributed by atoms with E-state index in [1.165, 1.54) is 38.5 Å². The highest BCUT2D eigenvalue weighted by Crippen LogP contribution is 2.60. The number of benzene rings is 1. The van der Waals surface area contributed by atoms with E-state index in [9.17, 15) is 13.2 Å². The van der Waals surface area contributed by atoms with Crippen LogP contribution >= 0.6 is 0 Å². The average molecular weight is 427 g/mol. The van der Waals surface area contributed by atoms with Crippen LogP contribution in [-0.2, 0) is 23.0 Å². The molecule has 0 radical (unpaired) electrons. The minimum atomic E-state index is -3.56. The van der Waals surface area contributed by atoms with Gasteiger partial charge in [-0.15, -0.1) is 0 Å². The zero-order valence-corrected chi connectivity index (χ0v) is 18.7. The van der Waals surface area contributed by atoms with Crippen molar-refractivity contribution in [1.82, 2.24) is 8.87 Å². The van der Waals surface area contributed by atoms with Crippen LogP contribution in [0.25, 0.3) is 10.9 Å². The van der Waals surface area contributed by atoms with E-state index in [1.54, 1.807) is 28.1 Å². The summed E-state index contributed by atoms with van der Waals surface area (Å²) in [6.07, 6.45) is 8.42. The number of aromatic nitrogens is 1. The fraction of sp³-hybridized carbons (Fsp3) is 0.625. The zero-order valence-electron chi connectivity index (χ0n) is 17.9. The zero-order chi connectivity index (χ0) is 20.8. The quantitative estimate of drug-likeness (QED) is 0.749. The highest BCUT2D eigenvalue weighted by molar-refractivity contribution is 7.89. The van der Waals surface area contributed by atoms with Crippen LogP contribution in [0.2, 0.25) is 0 Å². The van der Waals surface area contributed by atoms with E-state index in [2.05, 4.69) is 0 Å². The van der Waals surface area contributed by atoms with E-state index in [1.807, 2.05) is 13.0 Å². The number of rotatable bonds is 4. The minimum Gasteiger partial charge on any atom is -0.308 e. The van der Waals surface area contributed by atoms with Crippen LogP contribution in [0.4, 0.5) is 0 Å². The highest BCUT2D eigenvalue weighted by Gasteiger charge is 2.51. The molecular weight excluding hydrogens is 396 g/mol. The topological polar surface area (TPSA) is 59.4 Å². The van der Waals surface area contributed by atoms with Crippen LogP contribution in [0, 0.1) is 30.1 Å². The lowest BCUT2D eigenvalue weighted by Crippen LogP contribution is -2.51. The lowest BCUT2D eigenvalue weighted by Gasteiger charge is -2.57. The molecule has 5 aliphatic rings. The molecule has 1 aromatic heterocycles. The Kier molecular flexibility index (Phi) is 3.93. The summed E-state index contributed by atoms with van der Waals surface area (Å²) in [6.45, 7) is 3.18. The molecule has 6 heteroatoms. The number of hydrogen-bond acceptors (Lipinski definition) is 3. The highest BCUT2D eigenvalue weighted by atomic mass is 32.2. The molecule has 1 aliphatic heterocycles. The average Bonchev–Trinajstić information content (AvgIpc) is 3.09. The van der Waals surface area contributed by atoms with Crippen molar-refractivity contribution in [1.29, 1.82) is 0 Å². The summed E-state index contributed by atoms with van der Waals surface area (Å²) >= 11 is 0. The summed E-state index contributed by atoms with van der Waals surface area (Å²) < 4.78 is 30.7. The summed E-state index contributed by atoms with van der Waals surface area (Å²) in [7, 11) is -1.80. The third-order valence-corrected chi connectivity index (χ3v) is 10.3. The van der Waals surface area contributed by atoms with Gasteiger partial charge >= 0.3 is 0 Å². The van der Waals surface area contributed by atoms with E-state index in [0.29, 0.717) is 18.0 Å². The van der Waals surface area contributed by atoms with E-state index >= 15 is 0 Å². The van der Waals surface area contributed by atoms with Crippen molar-refractivity contribution in [3.8, 4) is 0 Å². The maximum Gasteiger partial charge on any atom is 0.251 e. The summed E-state index contributed by atoms with van der Waals surface area (Å²) in [6, 6.07) is 5.24. The van der Waals surface area contributed by atoms with Gasteiger partial charge in [-0.05, 0) is 98.3 Å². The largest absolute Gasteiger partial charge is 0.308 e. The van der Waals surface area contributed by atoms with Gasteiger partial charge in [0.05, 0.1) is 10.4 Å². The maximum atomic E-state index is 13.6. The fourth-order valence-corrected chi connectivity index (χ4v) is 9.11. The van der Waals surface area contributed by atoms with Crippen LogP contribution in [0.15, 0.2) is 27.9 Å². The smallest absolute Gasteiger partial charge is 0.251 e. The molecule has 0 spiro atoms. The molecule has 160 valence electrons. The second kappa shape index (κ2) is 6.19. The monoisotopic (exact) mass is 426 g/mol. The Hall–Kier alpha value is -1.66. The van der Waals surface area contributed by atoms with Gasteiger partial charge < -0.3 is 4.57 Å². The Morgan fingerprint density at radius 1 is 1.07 bits per heavy atom. The van der Waals surface area contributed by atoms with Crippen molar-refractivity contribution >= 4 is 20.9 Å². The maximum absolute atomic E-state index is 13.6. The molecule has 0 amide bonds. The molecule has 2 aromatic rings. The van der Waals surface area contributed by atoms with Crippen molar-refractivity contribution in [2.45, 2.75) is 63.3 Å². The molecule has 4 aliphatic carbocycles. The predicted molar refractivity (Wildman–Crippen MR) is 117 cm³/mol. The SMILES string of the molecule is Cc1cc(=O)n2c3c(cc(S(=O)(=O)N(C)CC45CC6CC(CC(C6)C4)C5)cc13)CC2. The molecule has 4 saturated carbocycles. The van der Waals surface area contributed by atoms with Gasteiger partial charge in [-0.2, -0.15) is 0 Å². The molecule has 1 aromatic carbocycles. The lowest BCUT2D eigenvalue weighted by atomic mass is 9.49. The van der Waals surface area contributed by atoms with Crippen molar-refractivity contribution in [3.05, 3.63) is 39.7 Å². The summed E-state index contributed by atoms with van der Waals surface area (Å²) in [5, 5.41) is 0.895. The van der Waals surface area contributed by atoms with Gasteiger partial charge in [-0.3, -0.25) is 4.79 Å². The van der Waals surface area contributed by atoms with Crippen molar-refractivity contribution < 1.29 is 8.42 Å². The molecule has 5 nitrogen and oxygen atoms in total. The van der Waals surface area contributed by atoms with Crippen molar-refractivity contribution in [2.75, 3.05) is 13.6 Å². The Balaban J connectivity index is 1.37. The van der Waals surface area contributed by atoms with Crippen molar-refractivity contribution in [3.63, 3.8) is 0 Å². The molecule has 4 bridgehead atoms. The van der Waals surface area contributed by atoms with Gasteiger partial charge in [0.1, 0.15) is 0 Å². The molecular formula is C24H30N2O3S. The molecule has 0 atom stereocenters. The molecule has 0 N–H and O–H groups in total. The number of pyridine rings is 1. The van der Waals surface area contributed by atoms with E-state index in [-0.39, 0.29) is 11.0 Å². The first-order valence-electron chi connectivity index (χ1n) is 11.4. The Labute approximate surface area is 178 Å². The second-order valence-electron chi connectivity index (χ2n) is 10.7. The Morgan fingerprint density at radius 2 is 1.70 bits per heavy atom. The predicted octanol–water partition coefficient (Wildman–Crippen LogP) is 3.70. The number of hydrogen-bond donors (Lipinski definition) is 0. The molecule has 30 heavy (non-hydrogen) atoms. The minimum absolute atomic E-state index is 0.00768. The van der Waals surface area contributed by atoms with Crippen molar-refractivity contribution in [2.24, 2.45) is 23.2 Å². The molecule has 0 saturated heterocycles. The first kappa shape index (κ1) is 19.1. The van der Waals surface area contributed by atoms with Crippen LogP contribution in [-0.4, -0.2) is 30.9 Å². The Morgan fingerprint density at radius 3 is 2.33 bits per heavy atom. The molecule has 4 fully saturated rings. The molecule has 7 rings (SSSR count). The first-order valence-corrected chi connectivity index (χ1v) is 12.8. The van der Waals surface area contributed by atoms with Gasteiger partial charge in [0.15, 0.2) is 0 Å². The number of sulfonamides is 1. The molecule has 0 unspecified atom stereocenters. The van der Waals surface area contributed by atoms with Gasteiger partial charge in [-0.25, -0.2) is 12.7 Å². The number of aryl methyl sites for hydroxylation is 3. The Bertz CT molecular complexity index is 1190. The fourth-order valence-electron chi connectivity index (χ4n) is 7.75. The van der Waals surface area contributed by atoms with Crippen LogP contribution in [0.1, 0.15) is 49.7 Å². The van der Waals surface area contributed by atoms with Crippen LogP contribution in [0.5, 0.6) is 0 Å². The van der Waals surface area contributed by atoms with Crippen LogP contribution < -0.4 is 5.56 Å². The van der Waals surface area contributed by atoms with Gasteiger partial charge in [-0.1, -0.05) is 0 Å². The van der Waals surface area contributed by atoms with E-state index in [0.717, 1.165) is 46.2 Å². The first-order chi connectivity index (χ1) is 14.2. The molecule has 2 heterocycles. The number of nitrogens with zero attached hydrogens (tertiary/aromatic N) is 2. The summed E-state index contributed by atoms with van der Waals surface area (Å²) in [5.41, 5.74) is 2.95. The van der Waals surface area contributed by atoms with Crippen LogP contribution in [0.3, 0.4) is 0 Å².